The summed E-state index contributed by atoms with van der Waals surface area (Å²) < 4.78 is 10.9. The fourth-order valence-electron chi connectivity index (χ4n) is 2.65. The third-order valence-corrected chi connectivity index (χ3v) is 3.92. The summed E-state index contributed by atoms with van der Waals surface area (Å²) in [7, 11) is 2.05. The molecule has 1 heterocycles. The van der Waals surface area contributed by atoms with E-state index < -0.39 is 5.60 Å². The maximum atomic E-state index is 12.2. The number of nitrogens with zero attached hydrogens (tertiary/aromatic N) is 3. The molecule has 1 rings (SSSR count). The van der Waals surface area contributed by atoms with E-state index in [1.807, 2.05) is 34.7 Å². The Morgan fingerprint density at radius 2 is 2.04 bits per heavy atom. The molecule has 26 heavy (non-hydrogen) atoms. The lowest BCUT2D eigenvalue weighted by Crippen LogP contribution is -2.42. The van der Waals surface area contributed by atoms with Crippen LogP contribution in [0.4, 0.5) is 4.79 Å². The summed E-state index contributed by atoms with van der Waals surface area (Å²) in [6, 6.07) is 0. The number of ether oxygens (including phenoxy) is 2. The van der Waals surface area contributed by atoms with Crippen molar-refractivity contribution < 1.29 is 14.3 Å². The van der Waals surface area contributed by atoms with Gasteiger partial charge < -0.3 is 24.6 Å². The molecule has 1 amide bonds. The number of carbonyl (C=O) groups excluding carboxylic acids is 1. The Morgan fingerprint density at radius 1 is 1.35 bits per heavy atom. The molecule has 1 atom stereocenters. The van der Waals surface area contributed by atoms with Crippen molar-refractivity contribution in [2.45, 2.75) is 46.6 Å². The molecule has 0 radical (unpaired) electrons. The Balaban J connectivity index is 0.00000625. The monoisotopic (exact) mass is 484 g/mol. The highest BCUT2D eigenvalue weighted by Gasteiger charge is 2.21. The van der Waals surface area contributed by atoms with Crippen molar-refractivity contribution in [1.82, 2.24) is 15.1 Å². The summed E-state index contributed by atoms with van der Waals surface area (Å²) in [5, 5.41) is 3.32. The fraction of sp³-hybridized carbons (Fsp3) is 0.889. The number of hydrogen-bond donors (Lipinski definition) is 1. The van der Waals surface area contributed by atoms with Gasteiger partial charge in [0.05, 0.1) is 13.2 Å². The summed E-state index contributed by atoms with van der Waals surface area (Å²) in [4.78, 5) is 20.7. The highest BCUT2D eigenvalue weighted by atomic mass is 127. The maximum Gasteiger partial charge on any atom is 0.410 e. The minimum absolute atomic E-state index is 0. The van der Waals surface area contributed by atoms with Crippen LogP contribution in [0, 0.1) is 5.92 Å². The number of hydrogen-bond acceptors (Lipinski definition) is 4. The average Bonchev–Trinajstić information content (AvgIpc) is 3.01. The number of halogens is 1. The van der Waals surface area contributed by atoms with E-state index in [0.29, 0.717) is 25.6 Å². The standard InChI is InChI=1S/C18H36N4O3.HI/c1-7-19-16(21(6)13-15-9-12-24-14-15)20-10-11-22(8-2)17(23)25-18(3,4)5;/h15H,7-14H2,1-6H3,(H,19,20);1H. The molecule has 154 valence electrons. The molecule has 0 aliphatic carbocycles. The number of aliphatic imine (C=N–C) groups is 1. The predicted molar refractivity (Wildman–Crippen MR) is 116 cm³/mol. The predicted octanol–water partition coefficient (Wildman–Crippen LogP) is 2.80. The Hall–Kier alpha value is -0.770. The highest BCUT2D eigenvalue weighted by Crippen LogP contribution is 2.13. The van der Waals surface area contributed by atoms with Gasteiger partial charge in [-0.3, -0.25) is 4.99 Å². The molecule has 7 nitrogen and oxygen atoms in total. The second kappa shape index (κ2) is 12.6. The Labute approximate surface area is 175 Å². The van der Waals surface area contributed by atoms with Gasteiger partial charge in [0.2, 0.25) is 0 Å². The second-order valence-corrected chi connectivity index (χ2v) is 7.41. The van der Waals surface area contributed by atoms with Crippen LogP contribution in [0.25, 0.3) is 0 Å². The first-order valence-corrected chi connectivity index (χ1v) is 9.32. The van der Waals surface area contributed by atoms with Gasteiger partial charge in [-0.25, -0.2) is 4.79 Å². The minimum atomic E-state index is -0.480. The van der Waals surface area contributed by atoms with Crippen molar-refractivity contribution in [3.63, 3.8) is 0 Å². The first kappa shape index (κ1) is 25.2. The Bertz CT molecular complexity index is 435. The first-order chi connectivity index (χ1) is 11.8. The lowest BCUT2D eigenvalue weighted by molar-refractivity contribution is 0.0266. The van der Waals surface area contributed by atoms with E-state index >= 15 is 0 Å². The van der Waals surface area contributed by atoms with Crippen molar-refractivity contribution >= 4 is 36.0 Å². The molecule has 0 saturated carbocycles. The van der Waals surface area contributed by atoms with Crippen LogP contribution in [0.2, 0.25) is 0 Å². The van der Waals surface area contributed by atoms with Crippen LogP contribution in [0.3, 0.4) is 0 Å². The number of rotatable bonds is 7. The average molecular weight is 484 g/mol. The summed E-state index contributed by atoms with van der Waals surface area (Å²) in [6.45, 7) is 14.7. The molecule has 1 unspecified atom stereocenters. The van der Waals surface area contributed by atoms with Gasteiger partial charge in [-0.2, -0.15) is 0 Å². The third kappa shape index (κ3) is 9.80. The van der Waals surface area contributed by atoms with Gasteiger partial charge in [0, 0.05) is 45.8 Å². The molecule has 8 heteroatoms. The number of nitrogens with one attached hydrogen (secondary N) is 1. The van der Waals surface area contributed by atoms with E-state index in [1.165, 1.54) is 0 Å². The van der Waals surface area contributed by atoms with E-state index in [1.54, 1.807) is 4.90 Å². The van der Waals surface area contributed by atoms with Crippen LogP contribution in [-0.2, 0) is 9.47 Å². The van der Waals surface area contributed by atoms with E-state index in [2.05, 4.69) is 22.1 Å². The van der Waals surface area contributed by atoms with Gasteiger partial charge in [-0.05, 0) is 41.0 Å². The van der Waals surface area contributed by atoms with Gasteiger partial charge in [0.15, 0.2) is 5.96 Å². The van der Waals surface area contributed by atoms with Crippen LogP contribution >= 0.6 is 24.0 Å². The van der Waals surface area contributed by atoms with Crippen LogP contribution in [0.5, 0.6) is 0 Å². The maximum absolute atomic E-state index is 12.2. The van der Waals surface area contributed by atoms with Crippen LogP contribution in [0.1, 0.15) is 41.0 Å². The molecule has 0 aromatic heterocycles. The van der Waals surface area contributed by atoms with Crippen LogP contribution in [0.15, 0.2) is 4.99 Å². The second-order valence-electron chi connectivity index (χ2n) is 7.41. The highest BCUT2D eigenvalue weighted by molar-refractivity contribution is 14.0. The molecular weight excluding hydrogens is 447 g/mol. The normalized spacial score (nSPS) is 17.5. The molecule has 0 aromatic carbocycles. The lowest BCUT2D eigenvalue weighted by atomic mass is 10.1. The van der Waals surface area contributed by atoms with Gasteiger partial charge >= 0.3 is 6.09 Å². The van der Waals surface area contributed by atoms with Gasteiger partial charge in [0.25, 0.3) is 0 Å². The molecule has 1 aliphatic heterocycles. The van der Waals surface area contributed by atoms with Gasteiger partial charge in [0.1, 0.15) is 5.60 Å². The smallest absolute Gasteiger partial charge is 0.410 e. The number of carbonyl (C=O) groups is 1. The summed E-state index contributed by atoms with van der Waals surface area (Å²) in [6.07, 6.45) is 0.818. The quantitative estimate of drug-likeness (QED) is 0.342. The van der Waals surface area contributed by atoms with Gasteiger partial charge in [-0.1, -0.05) is 0 Å². The van der Waals surface area contributed by atoms with Crippen molar-refractivity contribution in [2.24, 2.45) is 10.9 Å². The molecule has 1 N–H and O–H groups in total. The van der Waals surface area contributed by atoms with Crippen LogP contribution < -0.4 is 5.32 Å². The summed E-state index contributed by atoms with van der Waals surface area (Å²) >= 11 is 0. The number of guanidine groups is 1. The molecule has 1 aliphatic rings. The van der Waals surface area contributed by atoms with Gasteiger partial charge in [-0.15, -0.1) is 24.0 Å². The molecule has 1 saturated heterocycles. The van der Waals surface area contributed by atoms with E-state index in [9.17, 15) is 4.79 Å². The van der Waals surface area contributed by atoms with E-state index in [0.717, 1.165) is 38.7 Å². The van der Waals surface area contributed by atoms with Crippen molar-refractivity contribution in [2.75, 3.05) is 53.0 Å². The minimum Gasteiger partial charge on any atom is -0.444 e. The SMILES string of the molecule is CCNC(=NCCN(CC)C(=O)OC(C)(C)C)N(C)CC1CCOC1.I. The topological polar surface area (TPSA) is 66.4 Å². The van der Waals surface area contributed by atoms with Crippen LogP contribution in [-0.4, -0.2) is 80.4 Å². The molecule has 1 fully saturated rings. The number of likely N-dealkylation sites (N-methyl/N-ethyl adjacent to an activating group) is 1. The zero-order valence-corrected chi connectivity index (χ0v) is 19.5. The van der Waals surface area contributed by atoms with Crippen molar-refractivity contribution in [3.05, 3.63) is 0 Å². The summed E-state index contributed by atoms with van der Waals surface area (Å²) in [5.74, 6) is 1.43. The van der Waals surface area contributed by atoms with E-state index in [-0.39, 0.29) is 30.1 Å². The Kier molecular flexibility index (Phi) is 12.2. The zero-order valence-electron chi connectivity index (χ0n) is 17.2. The number of amides is 1. The first-order valence-electron chi connectivity index (χ1n) is 9.32. The van der Waals surface area contributed by atoms with E-state index in [4.69, 9.17) is 9.47 Å². The molecular formula is C18H37IN4O3. The lowest BCUT2D eigenvalue weighted by Gasteiger charge is -2.27. The fourth-order valence-corrected chi connectivity index (χ4v) is 2.65. The molecule has 0 spiro atoms. The Morgan fingerprint density at radius 3 is 2.54 bits per heavy atom. The zero-order chi connectivity index (χ0) is 18.9. The molecule has 0 bridgehead atoms. The summed E-state index contributed by atoms with van der Waals surface area (Å²) in [5.41, 5.74) is -0.480. The molecule has 0 aromatic rings. The van der Waals surface area contributed by atoms with Crippen molar-refractivity contribution in [3.8, 4) is 0 Å². The largest absolute Gasteiger partial charge is 0.444 e. The van der Waals surface area contributed by atoms with Crippen molar-refractivity contribution in [1.29, 1.82) is 0 Å². The third-order valence-electron chi connectivity index (χ3n) is 3.92.